The molecule has 2 aliphatic heterocycles. The van der Waals surface area contributed by atoms with Crippen molar-refractivity contribution in [3.63, 3.8) is 0 Å². The molecule has 1 aromatic carbocycles. The van der Waals surface area contributed by atoms with E-state index in [0.717, 1.165) is 0 Å². The normalized spacial score (nSPS) is 22.0. The van der Waals surface area contributed by atoms with E-state index in [-0.39, 0.29) is 17.7 Å². The molecule has 2 saturated heterocycles. The third-order valence-electron chi connectivity index (χ3n) is 5.56. The molecule has 1 spiro atoms. The van der Waals surface area contributed by atoms with Gasteiger partial charge in [-0.05, 0) is 24.5 Å². The number of piperidine rings is 1. The first-order valence-electron chi connectivity index (χ1n) is 8.60. The second-order valence-corrected chi connectivity index (χ2v) is 6.75. The zero-order chi connectivity index (χ0) is 17.3. The number of rotatable bonds is 2. The summed E-state index contributed by atoms with van der Waals surface area (Å²) >= 11 is 0. The fourth-order valence-electron chi connectivity index (χ4n) is 4.13. The van der Waals surface area contributed by atoms with E-state index in [1.54, 1.807) is 6.07 Å². The number of carbonyl (C=O) groups is 2. The molecule has 2 aromatic rings. The SMILES string of the molecule is O=C(c1ccnnc1)N1CCC2(CC1)C(=O)NC[C@@H]2c1ccccc1. The van der Waals surface area contributed by atoms with Crippen LogP contribution in [0.3, 0.4) is 0 Å². The smallest absolute Gasteiger partial charge is 0.255 e. The summed E-state index contributed by atoms with van der Waals surface area (Å²) in [6.07, 6.45) is 4.38. The number of likely N-dealkylation sites (tertiary alicyclic amines) is 1. The number of hydrogen-bond donors (Lipinski definition) is 1. The van der Waals surface area contributed by atoms with Gasteiger partial charge in [-0.1, -0.05) is 30.3 Å². The molecule has 0 radical (unpaired) electrons. The van der Waals surface area contributed by atoms with Crippen LogP contribution in [0.25, 0.3) is 0 Å². The summed E-state index contributed by atoms with van der Waals surface area (Å²) in [5.74, 6) is 0.250. The molecule has 3 heterocycles. The van der Waals surface area contributed by atoms with Crippen LogP contribution in [0.4, 0.5) is 0 Å². The lowest BCUT2D eigenvalue weighted by Gasteiger charge is -2.41. The molecule has 1 atom stereocenters. The Morgan fingerprint density at radius 3 is 2.56 bits per heavy atom. The van der Waals surface area contributed by atoms with Gasteiger partial charge in [-0.25, -0.2) is 0 Å². The topological polar surface area (TPSA) is 75.2 Å². The molecule has 4 rings (SSSR count). The Kier molecular flexibility index (Phi) is 3.95. The summed E-state index contributed by atoms with van der Waals surface area (Å²) < 4.78 is 0. The van der Waals surface area contributed by atoms with Crippen molar-refractivity contribution in [2.24, 2.45) is 5.41 Å². The van der Waals surface area contributed by atoms with Crippen LogP contribution in [0, 0.1) is 5.41 Å². The highest BCUT2D eigenvalue weighted by atomic mass is 16.2. The average molecular weight is 336 g/mol. The van der Waals surface area contributed by atoms with Crippen molar-refractivity contribution in [3.05, 3.63) is 59.9 Å². The molecular formula is C19H20N4O2. The van der Waals surface area contributed by atoms with Gasteiger partial charge in [0.05, 0.1) is 23.4 Å². The Balaban J connectivity index is 1.53. The standard InChI is InChI=1S/C19H20N4O2/c24-17(15-6-9-21-22-12-15)23-10-7-19(8-11-23)16(13-20-18(19)25)14-4-2-1-3-5-14/h1-6,9,12,16H,7-8,10-11,13H2,(H,20,25)/t16-/m1/s1. The van der Waals surface area contributed by atoms with E-state index in [0.29, 0.717) is 38.0 Å². The highest BCUT2D eigenvalue weighted by Crippen LogP contribution is 2.47. The van der Waals surface area contributed by atoms with Crippen LogP contribution >= 0.6 is 0 Å². The predicted molar refractivity (Wildman–Crippen MR) is 91.8 cm³/mol. The Morgan fingerprint density at radius 2 is 1.88 bits per heavy atom. The van der Waals surface area contributed by atoms with Gasteiger partial charge in [0, 0.05) is 25.6 Å². The number of nitrogens with one attached hydrogen (secondary N) is 1. The van der Waals surface area contributed by atoms with E-state index < -0.39 is 5.41 Å². The van der Waals surface area contributed by atoms with Crippen molar-refractivity contribution in [1.82, 2.24) is 20.4 Å². The summed E-state index contributed by atoms with van der Waals surface area (Å²) in [5.41, 5.74) is 1.33. The molecule has 1 aromatic heterocycles. The predicted octanol–water partition coefficient (Wildman–Crippen LogP) is 1.61. The van der Waals surface area contributed by atoms with Gasteiger partial charge in [0.25, 0.3) is 5.91 Å². The Hall–Kier alpha value is -2.76. The minimum Gasteiger partial charge on any atom is -0.355 e. The van der Waals surface area contributed by atoms with Crippen molar-refractivity contribution in [2.75, 3.05) is 19.6 Å². The minimum atomic E-state index is -0.408. The molecule has 0 bridgehead atoms. The van der Waals surface area contributed by atoms with E-state index in [1.807, 2.05) is 23.1 Å². The molecule has 2 fully saturated rings. The number of amides is 2. The fourth-order valence-corrected chi connectivity index (χ4v) is 4.13. The molecule has 1 N–H and O–H groups in total. The van der Waals surface area contributed by atoms with E-state index in [1.165, 1.54) is 18.0 Å². The van der Waals surface area contributed by atoms with Crippen LogP contribution in [0.2, 0.25) is 0 Å². The van der Waals surface area contributed by atoms with Gasteiger partial charge in [-0.15, -0.1) is 0 Å². The van der Waals surface area contributed by atoms with E-state index in [9.17, 15) is 9.59 Å². The quantitative estimate of drug-likeness (QED) is 0.904. The second-order valence-electron chi connectivity index (χ2n) is 6.75. The average Bonchev–Trinajstić information content (AvgIpc) is 2.99. The van der Waals surface area contributed by atoms with Crippen LogP contribution in [0.15, 0.2) is 48.8 Å². The maximum absolute atomic E-state index is 12.6. The number of carbonyl (C=O) groups excluding carboxylic acids is 2. The lowest BCUT2D eigenvalue weighted by molar-refractivity contribution is -0.130. The summed E-state index contributed by atoms with van der Waals surface area (Å²) in [4.78, 5) is 27.1. The van der Waals surface area contributed by atoms with Gasteiger partial charge in [-0.2, -0.15) is 10.2 Å². The molecule has 2 amide bonds. The minimum absolute atomic E-state index is 0.0422. The number of hydrogen-bond acceptors (Lipinski definition) is 4. The molecule has 6 nitrogen and oxygen atoms in total. The number of aromatic nitrogens is 2. The van der Waals surface area contributed by atoms with Crippen molar-refractivity contribution >= 4 is 11.8 Å². The first kappa shape index (κ1) is 15.7. The molecule has 0 unspecified atom stereocenters. The highest BCUT2D eigenvalue weighted by molar-refractivity contribution is 5.94. The van der Waals surface area contributed by atoms with Gasteiger partial charge in [-0.3, -0.25) is 9.59 Å². The third-order valence-corrected chi connectivity index (χ3v) is 5.56. The van der Waals surface area contributed by atoms with Crippen LogP contribution in [0.5, 0.6) is 0 Å². The lowest BCUT2D eigenvalue weighted by Crippen LogP contribution is -2.47. The highest BCUT2D eigenvalue weighted by Gasteiger charge is 2.52. The largest absolute Gasteiger partial charge is 0.355 e. The molecule has 2 aliphatic rings. The van der Waals surface area contributed by atoms with Crippen LogP contribution in [-0.2, 0) is 4.79 Å². The fraction of sp³-hybridized carbons (Fsp3) is 0.368. The zero-order valence-corrected chi connectivity index (χ0v) is 13.9. The number of benzene rings is 1. The molecule has 25 heavy (non-hydrogen) atoms. The van der Waals surface area contributed by atoms with Crippen LogP contribution < -0.4 is 5.32 Å². The first-order valence-corrected chi connectivity index (χ1v) is 8.60. The van der Waals surface area contributed by atoms with Crippen molar-refractivity contribution in [3.8, 4) is 0 Å². The summed E-state index contributed by atoms with van der Waals surface area (Å²) in [6, 6.07) is 11.9. The first-order chi connectivity index (χ1) is 12.2. The molecule has 6 heteroatoms. The van der Waals surface area contributed by atoms with Gasteiger partial charge < -0.3 is 10.2 Å². The summed E-state index contributed by atoms with van der Waals surface area (Å²) in [5, 5.41) is 10.5. The number of nitrogens with zero attached hydrogens (tertiary/aromatic N) is 3. The van der Waals surface area contributed by atoms with Crippen molar-refractivity contribution in [1.29, 1.82) is 0 Å². The third kappa shape index (κ3) is 2.67. The molecule has 0 saturated carbocycles. The van der Waals surface area contributed by atoms with E-state index in [2.05, 4.69) is 27.6 Å². The lowest BCUT2D eigenvalue weighted by atomic mass is 9.68. The van der Waals surface area contributed by atoms with Crippen molar-refractivity contribution in [2.45, 2.75) is 18.8 Å². The summed E-state index contributed by atoms with van der Waals surface area (Å²) in [6.45, 7) is 1.83. The molecule has 0 aliphatic carbocycles. The molecule has 128 valence electrons. The zero-order valence-electron chi connectivity index (χ0n) is 13.9. The van der Waals surface area contributed by atoms with Crippen LogP contribution in [-0.4, -0.2) is 46.5 Å². The van der Waals surface area contributed by atoms with Gasteiger partial charge in [0.15, 0.2) is 0 Å². The molecular weight excluding hydrogens is 316 g/mol. The van der Waals surface area contributed by atoms with Crippen molar-refractivity contribution < 1.29 is 9.59 Å². The van der Waals surface area contributed by atoms with Gasteiger partial charge in [0.2, 0.25) is 5.91 Å². The maximum Gasteiger partial charge on any atom is 0.255 e. The summed E-state index contributed by atoms with van der Waals surface area (Å²) in [7, 11) is 0. The monoisotopic (exact) mass is 336 g/mol. The van der Waals surface area contributed by atoms with Gasteiger partial charge >= 0.3 is 0 Å². The Bertz CT molecular complexity index is 771. The van der Waals surface area contributed by atoms with Crippen LogP contribution in [0.1, 0.15) is 34.7 Å². The second kappa shape index (κ2) is 6.27. The Labute approximate surface area is 146 Å². The maximum atomic E-state index is 12.6. The van der Waals surface area contributed by atoms with Gasteiger partial charge in [0.1, 0.15) is 0 Å². The van der Waals surface area contributed by atoms with E-state index in [4.69, 9.17) is 0 Å². The van der Waals surface area contributed by atoms with E-state index >= 15 is 0 Å². The Morgan fingerprint density at radius 1 is 1.12 bits per heavy atom.